The molecular formula is C16H27BN2O. The first-order valence-corrected chi connectivity index (χ1v) is 7.95. The van der Waals surface area contributed by atoms with Crippen LogP contribution in [-0.4, -0.2) is 24.2 Å². The summed E-state index contributed by atoms with van der Waals surface area (Å²) in [5, 5.41) is 4.52. The van der Waals surface area contributed by atoms with Crippen molar-refractivity contribution in [2.75, 3.05) is 6.61 Å². The maximum Gasteiger partial charge on any atom is 0.0887 e. The van der Waals surface area contributed by atoms with Gasteiger partial charge in [0.2, 0.25) is 0 Å². The van der Waals surface area contributed by atoms with Gasteiger partial charge in [-0.1, -0.05) is 26.7 Å². The van der Waals surface area contributed by atoms with E-state index in [1.165, 1.54) is 42.6 Å². The third-order valence-corrected chi connectivity index (χ3v) is 3.85. The average Bonchev–Trinajstić information content (AvgIpc) is 2.65. The molecule has 1 aromatic heterocycles. The minimum atomic E-state index is -0.272. The van der Waals surface area contributed by atoms with Gasteiger partial charge in [-0.3, -0.25) is 4.68 Å². The van der Waals surface area contributed by atoms with Crippen molar-refractivity contribution in [2.24, 2.45) is 0 Å². The number of nitrogens with zero attached hydrogens (tertiary/aromatic N) is 2. The van der Waals surface area contributed by atoms with Crippen molar-refractivity contribution >= 4 is 7.85 Å². The van der Waals surface area contributed by atoms with Crippen molar-refractivity contribution in [1.82, 2.24) is 9.78 Å². The van der Waals surface area contributed by atoms with Crippen molar-refractivity contribution in [3.8, 4) is 0 Å². The lowest BCUT2D eigenvalue weighted by molar-refractivity contribution is 0.0966. The summed E-state index contributed by atoms with van der Waals surface area (Å²) in [4.78, 5) is 0. The molecule has 0 atom stereocenters. The number of aromatic nitrogens is 2. The van der Waals surface area contributed by atoms with Crippen molar-refractivity contribution in [3.05, 3.63) is 17.0 Å². The molecule has 2 rings (SSSR count). The first kappa shape index (κ1) is 15.6. The highest BCUT2D eigenvalue weighted by atomic mass is 16.5. The summed E-state index contributed by atoms with van der Waals surface area (Å²) in [5.41, 5.74) is 4.02. The number of rotatable bonds is 5. The van der Waals surface area contributed by atoms with Crippen molar-refractivity contribution in [2.45, 2.75) is 77.8 Å². The molecule has 0 N–H and O–H groups in total. The van der Waals surface area contributed by atoms with Gasteiger partial charge in [0.1, 0.15) is 0 Å². The molecule has 0 amide bonds. The van der Waals surface area contributed by atoms with Crippen LogP contribution in [0.4, 0.5) is 0 Å². The van der Waals surface area contributed by atoms with E-state index in [4.69, 9.17) is 17.7 Å². The number of aryl methyl sites for hydroxylation is 2. The highest BCUT2D eigenvalue weighted by molar-refractivity contribution is 6.14. The Morgan fingerprint density at radius 1 is 1.20 bits per heavy atom. The molecule has 0 aliphatic heterocycles. The van der Waals surface area contributed by atoms with Crippen molar-refractivity contribution in [3.63, 3.8) is 0 Å². The molecule has 1 aliphatic carbocycles. The first-order valence-electron chi connectivity index (χ1n) is 7.95. The summed E-state index contributed by atoms with van der Waals surface area (Å²) in [6.07, 6.45) is 7.50. The largest absolute Gasteiger partial charge is 0.375 e. The molecule has 1 aliphatic rings. The second kappa shape index (κ2) is 6.79. The van der Waals surface area contributed by atoms with Crippen LogP contribution in [0.25, 0.3) is 0 Å². The number of hydrogen-bond acceptors (Lipinski definition) is 2. The summed E-state index contributed by atoms with van der Waals surface area (Å²) in [6, 6.07) is 0. The molecule has 0 bridgehead atoms. The van der Waals surface area contributed by atoms with Crippen molar-refractivity contribution < 1.29 is 4.74 Å². The predicted octanol–water partition coefficient (Wildman–Crippen LogP) is 3.45. The maximum atomic E-state index is 5.98. The van der Waals surface area contributed by atoms with Crippen LogP contribution in [0.5, 0.6) is 0 Å². The SMILES string of the molecule is [B]C(C)(C)COCc1c2c(nn1CC)CCCCCC2. The Hall–Kier alpha value is -0.765. The Morgan fingerprint density at radius 3 is 2.55 bits per heavy atom. The highest BCUT2D eigenvalue weighted by Crippen LogP contribution is 2.25. The fourth-order valence-corrected chi connectivity index (χ4v) is 2.86. The summed E-state index contributed by atoms with van der Waals surface area (Å²) in [5.74, 6) is 0. The standard InChI is InChI=1S/C16H27BN2O/c1-4-19-15(11-20-12-16(2,3)17)13-9-7-5-6-8-10-14(13)18-19/h4-12H2,1-3H3. The summed E-state index contributed by atoms with van der Waals surface area (Å²) in [7, 11) is 5.98. The number of ether oxygens (including phenoxy) is 1. The summed E-state index contributed by atoms with van der Waals surface area (Å²) in [6.45, 7) is 8.27. The third kappa shape index (κ3) is 4.11. The second-order valence-electron chi connectivity index (χ2n) is 6.58. The van der Waals surface area contributed by atoms with E-state index in [1.54, 1.807) is 0 Å². The van der Waals surface area contributed by atoms with E-state index >= 15 is 0 Å². The van der Waals surface area contributed by atoms with Gasteiger partial charge in [0, 0.05) is 13.2 Å². The van der Waals surface area contributed by atoms with Gasteiger partial charge in [0.25, 0.3) is 0 Å². The third-order valence-electron chi connectivity index (χ3n) is 3.85. The van der Waals surface area contributed by atoms with Crippen LogP contribution in [-0.2, 0) is 30.7 Å². The molecule has 20 heavy (non-hydrogen) atoms. The Balaban J connectivity index is 2.13. The summed E-state index contributed by atoms with van der Waals surface area (Å²) >= 11 is 0. The van der Waals surface area contributed by atoms with Gasteiger partial charge in [-0.2, -0.15) is 5.10 Å². The lowest BCUT2D eigenvalue weighted by Crippen LogP contribution is -2.14. The molecule has 2 radical (unpaired) electrons. The van der Waals surface area contributed by atoms with Gasteiger partial charge in [-0.05, 0) is 43.5 Å². The van der Waals surface area contributed by atoms with Gasteiger partial charge in [0.15, 0.2) is 0 Å². The minimum Gasteiger partial charge on any atom is -0.375 e. The monoisotopic (exact) mass is 274 g/mol. The number of hydrogen-bond donors (Lipinski definition) is 0. The van der Waals surface area contributed by atoms with Gasteiger partial charge >= 0.3 is 0 Å². The normalized spacial score (nSPS) is 16.6. The first-order chi connectivity index (χ1) is 9.51. The highest BCUT2D eigenvalue weighted by Gasteiger charge is 2.19. The topological polar surface area (TPSA) is 27.1 Å². The van der Waals surface area contributed by atoms with E-state index in [9.17, 15) is 0 Å². The van der Waals surface area contributed by atoms with E-state index < -0.39 is 0 Å². The van der Waals surface area contributed by atoms with Gasteiger partial charge in [0.05, 0.1) is 25.8 Å². The number of fused-ring (bicyclic) bond motifs is 1. The molecule has 1 heterocycles. The molecule has 4 heteroatoms. The van der Waals surface area contributed by atoms with Crippen LogP contribution >= 0.6 is 0 Å². The smallest absolute Gasteiger partial charge is 0.0887 e. The molecular weight excluding hydrogens is 247 g/mol. The minimum absolute atomic E-state index is 0.272. The molecule has 0 aromatic carbocycles. The zero-order valence-electron chi connectivity index (χ0n) is 13.2. The Labute approximate surface area is 124 Å². The Kier molecular flexibility index (Phi) is 5.31. The lowest BCUT2D eigenvalue weighted by atomic mass is 9.73. The van der Waals surface area contributed by atoms with Crippen LogP contribution in [0.15, 0.2) is 0 Å². The predicted molar refractivity (Wildman–Crippen MR) is 83.2 cm³/mol. The average molecular weight is 274 g/mol. The Bertz CT molecular complexity index is 434. The fraction of sp³-hybridized carbons (Fsp3) is 0.812. The summed E-state index contributed by atoms with van der Waals surface area (Å²) < 4.78 is 7.96. The molecule has 0 spiro atoms. The van der Waals surface area contributed by atoms with E-state index in [-0.39, 0.29) is 5.31 Å². The molecule has 0 fully saturated rings. The zero-order chi connectivity index (χ0) is 14.6. The Morgan fingerprint density at radius 2 is 1.90 bits per heavy atom. The zero-order valence-corrected chi connectivity index (χ0v) is 13.2. The van der Waals surface area contributed by atoms with E-state index in [1.807, 2.05) is 13.8 Å². The lowest BCUT2D eigenvalue weighted by Gasteiger charge is -2.19. The van der Waals surface area contributed by atoms with Gasteiger partial charge in [-0.15, -0.1) is 0 Å². The molecule has 0 saturated heterocycles. The van der Waals surface area contributed by atoms with E-state index in [2.05, 4.69) is 11.6 Å². The van der Waals surface area contributed by atoms with E-state index in [0.29, 0.717) is 13.2 Å². The quantitative estimate of drug-likeness (QED) is 0.769. The molecule has 3 nitrogen and oxygen atoms in total. The fourth-order valence-electron chi connectivity index (χ4n) is 2.86. The van der Waals surface area contributed by atoms with Crippen LogP contribution < -0.4 is 0 Å². The van der Waals surface area contributed by atoms with Crippen LogP contribution in [0.3, 0.4) is 0 Å². The molecule has 0 unspecified atom stereocenters. The van der Waals surface area contributed by atoms with Crippen LogP contribution in [0, 0.1) is 0 Å². The molecule has 0 saturated carbocycles. The molecule has 110 valence electrons. The van der Waals surface area contributed by atoms with E-state index in [0.717, 1.165) is 19.4 Å². The molecule has 1 aromatic rings. The van der Waals surface area contributed by atoms with Crippen molar-refractivity contribution in [1.29, 1.82) is 0 Å². The second-order valence-corrected chi connectivity index (χ2v) is 6.58. The maximum absolute atomic E-state index is 5.98. The van der Waals surface area contributed by atoms with Crippen LogP contribution in [0.1, 0.15) is 63.4 Å². The van der Waals surface area contributed by atoms with Gasteiger partial charge in [-0.25, -0.2) is 0 Å². The van der Waals surface area contributed by atoms with Gasteiger partial charge < -0.3 is 4.74 Å². The van der Waals surface area contributed by atoms with Crippen LogP contribution in [0.2, 0.25) is 5.31 Å².